The number of thioether (sulfide) groups is 1. The molecule has 0 spiro atoms. The molecule has 11 heteroatoms. The van der Waals surface area contributed by atoms with Crippen LogP contribution < -0.4 is 14.4 Å². The first-order valence-electron chi connectivity index (χ1n) is 7.94. The summed E-state index contributed by atoms with van der Waals surface area (Å²) in [6.45, 7) is -0.0932. The van der Waals surface area contributed by atoms with Crippen LogP contribution in [0.3, 0.4) is 0 Å². The Morgan fingerprint density at radius 2 is 1.89 bits per heavy atom. The molecule has 0 bridgehead atoms. The van der Waals surface area contributed by atoms with Crippen molar-refractivity contribution in [3.63, 3.8) is 0 Å². The lowest BCUT2D eigenvalue weighted by molar-refractivity contribution is -0.385. The van der Waals surface area contributed by atoms with Crippen molar-refractivity contribution >= 4 is 29.0 Å². The molecule has 1 saturated heterocycles. The summed E-state index contributed by atoms with van der Waals surface area (Å²) in [6, 6.07) is 6.91. The maximum Gasteiger partial charge on any atom is 0.416 e. The van der Waals surface area contributed by atoms with Gasteiger partial charge in [0.15, 0.2) is 11.5 Å². The Kier molecular flexibility index (Phi) is 4.33. The van der Waals surface area contributed by atoms with Crippen molar-refractivity contribution in [3.05, 3.63) is 57.6 Å². The van der Waals surface area contributed by atoms with Gasteiger partial charge in [-0.3, -0.25) is 19.8 Å². The van der Waals surface area contributed by atoms with Gasteiger partial charge in [-0.15, -0.1) is 11.8 Å². The first-order valence-corrected chi connectivity index (χ1v) is 8.99. The first kappa shape index (κ1) is 18.4. The van der Waals surface area contributed by atoms with E-state index in [-0.39, 0.29) is 41.0 Å². The number of halogens is 3. The molecule has 1 fully saturated rings. The van der Waals surface area contributed by atoms with E-state index < -0.39 is 27.9 Å². The molecule has 1 amide bonds. The maximum atomic E-state index is 13.1. The molecule has 0 saturated carbocycles. The van der Waals surface area contributed by atoms with Crippen molar-refractivity contribution in [3.8, 4) is 11.5 Å². The van der Waals surface area contributed by atoms with Gasteiger partial charge in [0.2, 0.25) is 12.7 Å². The van der Waals surface area contributed by atoms with Crippen LogP contribution in [0.15, 0.2) is 36.4 Å². The fraction of sp³-hybridized carbons (Fsp3) is 0.235. The van der Waals surface area contributed by atoms with E-state index in [0.29, 0.717) is 0 Å². The van der Waals surface area contributed by atoms with Crippen LogP contribution in [0.25, 0.3) is 0 Å². The summed E-state index contributed by atoms with van der Waals surface area (Å²) in [6.07, 6.45) is -4.58. The minimum atomic E-state index is -4.58. The molecule has 28 heavy (non-hydrogen) atoms. The molecule has 0 radical (unpaired) electrons. The zero-order chi connectivity index (χ0) is 20.1. The van der Waals surface area contributed by atoms with E-state index in [1.807, 2.05) is 0 Å². The minimum absolute atomic E-state index is 0.0155. The average Bonchev–Trinajstić information content (AvgIpc) is 3.25. The van der Waals surface area contributed by atoms with E-state index in [1.54, 1.807) is 0 Å². The summed E-state index contributed by atoms with van der Waals surface area (Å²) in [5.41, 5.74) is -1.04. The first-order chi connectivity index (χ1) is 13.3. The third kappa shape index (κ3) is 3.11. The topological polar surface area (TPSA) is 81.9 Å². The second kappa shape index (κ2) is 6.59. The highest BCUT2D eigenvalue weighted by Crippen LogP contribution is 2.49. The van der Waals surface area contributed by atoms with Crippen molar-refractivity contribution in [2.75, 3.05) is 17.4 Å². The SMILES string of the molecule is O=C1CSC(c2cc3c(cc2[N+](=O)[O-])OCO3)N1c1cccc(C(F)(F)F)c1. The van der Waals surface area contributed by atoms with Crippen LogP contribution in [0.4, 0.5) is 24.5 Å². The van der Waals surface area contributed by atoms with Gasteiger partial charge in [-0.25, -0.2) is 0 Å². The highest BCUT2D eigenvalue weighted by Gasteiger charge is 2.40. The number of hydrogen-bond acceptors (Lipinski definition) is 6. The molecule has 4 rings (SSSR count). The summed E-state index contributed by atoms with van der Waals surface area (Å²) < 4.78 is 49.6. The lowest BCUT2D eigenvalue weighted by Gasteiger charge is -2.25. The summed E-state index contributed by atoms with van der Waals surface area (Å²) in [5, 5.41) is 10.7. The second-order valence-electron chi connectivity index (χ2n) is 6.00. The Morgan fingerprint density at radius 1 is 1.18 bits per heavy atom. The Morgan fingerprint density at radius 3 is 2.57 bits per heavy atom. The Labute approximate surface area is 160 Å². The van der Waals surface area contributed by atoms with E-state index in [1.165, 1.54) is 24.3 Å². The van der Waals surface area contributed by atoms with Crippen molar-refractivity contribution in [2.45, 2.75) is 11.6 Å². The number of nitro groups is 1. The van der Waals surface area contributed by atoms with Gasteiger partial charge in [0.1, 0.15) is 5.37 Å². The summed E-state index contributed by atoms with van der Waals surface area (Å²) in [4.78, 5) is 24.5. The van der Waals surface area contributed by atoms with Gasteiger partial charge >= 0.3 is 6.18 Å². The molecule has 1 atom stereocenters. The fourth-order valence-corrected chi connectivity index (χ4v) is 4.26. The van der Waals surface area contributed by atoms with Gasteiger partial charge < -0.3 is 9.47 Å². The molecule has 1 unspecified atom stereocenters. The minimum Gasteiger partial charge on any atom is -0.454 e. The molecule has 0 aliphatic carbocycles. The molecule has 0 N–H and O–H groups in total. The number of alkyl halides is 3. The maximum absolute atomic E-state index is 13.1. The predicted octanol–water partition coefficient (Wildman–Crippen LogP) is 4.12. The second-order valence-corrected chi connectivity index (χ2v) is 7.07. The fourth-order valence-electron chi connectivity index (χ4n) is 3.07. The number of rotatable bonds is 3. The number of hydrogen-bond donors (Lipinski definition) is 0. The van der Waals surface area contributed by atoms with Gasteiger partial charge in [-0.1, -0.05) is 6.07 Å². The van der Waals surface area contributed by atoms with Crippen molar-refractivity contribution in [2.24, 2.45) is 0 Å². The molecule has 146 valence electrons. The molecule has 2 aliphatic rings. The lowest BCUT2D eigenvalue weighted by atomic mass is 10.1. The van der Waals surface area contributed by atoms with Gasteiger partial charge in [0.25, 0.3) is 5.69 Å². The number of nitrogens with zero attached hydrogens (tertiary/aromatic N) is 2. The van der Waals surface area contributed by atoms with Crippen LogP contribution in [0.2, 0.25) is 0 Å². The number of fused-ring (bicyclic) bond motifs is 1. The summed E-state index contributed by atoms with van der Waals surface area (Å²) in [7, 11) is 0. The third-order valence-electron chi connectivity index (χ3n) is 4.30. The molecular weight excluding hydrogens is 401 g/mol. The largest absolute Gasteiger partial charge is 0.454 e. The number of ether oxygens (including phenoxy) is 2. The van der Waals surface area contributed by atoms with E-state index >= 15 is 0 Å². The van der Waals surface area contributed by atoms with Crippen molar-refractivity contribution in [1.82, 2.24) is 0 Å². The van der Waals surface area contributed by atoms with Crippen LogP contribution in [0.5, 0.6) is 11.5 Å². The molecule has 0 aromatic heterocycles. The van der Waals surface area contributed by atoms with Gasteiger partial charge in [-0.05, 0) is 24.3 Å². The van der Waals surface area contributed by atoms with Crippen molar-refractivity contribution < 1.29 is 32.4 Å². The van der Waals surface area contributed by atoms with Gasteiger partial charge in [-0.2, -0.15) is 13.2 Å². The standard InChI is InChI=1S/C17H11F3N2O5S/c18-17(19,20)9-2-1-3-10(4-9)21-15(23)7-28-16(21)11-5-13-14(27-8-26-13)6-12(11)22(24)25/h1-6,16H,7-8H2. The zero-order valence-electron chi connectivity index (χ0n) is 13.9. The smallest absolute Gasteiger partial charge is 0.416 e. The van der Waals surface area contributed by atoms with E-state index in [4.69, 9.17) is 9.47 Å². The zero-order valence-corrected chi connectivity index (χ0v) is 14.7. The number of benzene rings is 2. The normalized spacial score (nSPS) is 18.6. The van der Waals surface area contributed by atoms with Gasteiger partial charge in [0.05, 0.1) is 27.9 Å². The van der Waals surface area contributed by atoms with E-state index in [2.05, 4.69) is 0 Å². The quantitative estimate of drug-likeness (QED) is 0.557. The third-order valence-corrected chi connectivity index (χ3v) is 5.50. The predicted molar refractivity (Wildman–Crippen MR) is 93.3 cm³/mol. The Bertz CT molecular complexity index is 982. The number of anilines is 1. The number of amides is 1. The number of carbonyl (C=O) groups excluding carboxylic acids is 1. The molecule has 2 aromatic carbocycles. The molecule has 2 aliphatic heterocycles. The highest BCUT2D eigenvalue weighted by atomic mass is 32.2. The van der Waals surface area contributed by atoms with Crippen LogP contribution in [-0.2, 0) is 11.0 Å². The molecule has 2 heterocycles. The monoisotopic (exact) mass is 412 g/mol. The van der Waals surface area contributed by atoms with Crippen LogP contribution >= 0.6 is 11.8 Å². The Hall–Kier alpha value is -2.95. The van der Waals surface area contributed by atoms with E-state index in [0.717, 1.165) is 28.8 Å². The van der Waals surface area contributed by atoms with Gasteiger partial charge in [0, 0.05) is 5.69 Å². The van der Waals surface area contributed by atoms with Crippen molar-refractivity contribution in [1.29, 1.82) is 0 Å². The Balaban J connectivity index is 1.81. The van der Waals surface area contributed by atoms with E-state index in [9.17, 15) is 28.1 Å². The van der Waals surface area contributed by atoms with Crippen LogP contribution in [0.1, 0.15) is 16.5 Å². The molecular formula is C17H11F3N2O5S. The highest BCUT2D eigenvalue weighted by molar-refractivity contribution is 8.00. The summed E-state index contributed by atoms with van der Waals surface area (Å²) >= 11 is 1.09. The number of carbonyl (C=O) groups is 1. The number of nitro benzene ring substituents is 1. The average molecular weight is 412 g/mol. The molecule has 2 aromatic rings. The lowest BCUT2D eigenvalue weighted by Crippen LogP contribution is -2.28. The summed E-state index contributed by atoms with van der Waals surface area (Å²) in [5.74, 6) is 0.0215. The molecule has 7 nitrogen and oxygen atoms in total. The van der Waals surface area contributed by atoms with Crippen LogP contribution in [0, 0.1) is 10.1 Å². The van der Waals surface area contributed by atoms with Crippen LogP contribution in [-0.4, -0.2) is 23.4 Å².